The van der Waals surface area contributed by atoms with E-state index in [1.54, 1.807) is 6.07 Å². The predicted octanol–water partition coefficient (Wildman–Crippen LogP) is 3.60. The van der Waals surface area contributed by atoms with Crippen molar-refractivity contribution in [2.75, 3.05) is 13.2 Å². The second-order valence-electron chi connectivity index (χ2n) is 3.63. The summed E-state index contributed by atoms with van der Waals surface area (Å²) in [5.41, 5.74) is 0.408. The summed E-state index contributed by atoms with van der Waals surface area (Å²) in [6.45, 7) is 0.304. The molecule has 0 aliphatic rings. The molecule has 0 saturated heterocycles. The van der Waals surface area contributed by atoms with Gasteiger partial charge in [0.15, 0.2) is 0 Å². The smallest absolute Gasteiger partial charge is 0.489 e. The molecule has 1 aromatic carbocycles. The molecule has 0 aliphatic heterocycles. The second kappa shape index (κ2) is 6.50. The standard InChI is InChI=1S/C10H9BrClF3O4S/c1-6-4-7(11)5-8(20(12,16)17)9(6)18-2-3-19-10(13,14)15/h4-5H,2-3H2,1H3. The predicted molar refractivity (Wildman–Crippen MR) is 69.4 cm³/mol. The maximum Gasteiger partial charge on any atom is 0.522 e. The van der Waals surface area contributed by atoms with Crippen molar-refractivity contribution in [3.63, 3.8) is 0 Å². The van der Waals surface area contributed by atoms with Crippen molar-refractivity contribution in [3.8, 4) is 5.75 Å². The Morgan fingerprint density at radius 3 is 2.40 bits per heavy atom. The van der Waals surface area contributed by atoms with Crippen LogP contribution in [0.4, 0.5) is 13.2 Å². The van der Waals surface area contributed by atoms with Crippen molar-refractivity contribution in [1.29, 1.82) is 0 Å². The quantitative estimate of drug-likeness (QED) is 0.563. The molecule has 1 aromatic rings. The summed E-state index contributed by atoms with van der Waals surface area (Å²) in [6, 6.07) is 2.75. The number of alkyl halides is 3. The van der Waals surface area contributed by atoms with Gasteiger partial charge in [0.05, 0.1) is 6.61 Å². The van der Waals surface area contributed by atoms with E-state index in [2.05, 4.69) is 20.7 Å². The summed E-state index contributed by atoms with van der Waals surface area (Å²) in [4.78, 5) is -0.321. The molecule has 0 N–H and O–H groups in total. The van der Waals surface area contributed by atoms with E-state index in [4.69, 9.17) is 15.4 Å². The van der Waals surface area contributed by atoms with Crippen molar-refractivity contribution in [2.45, 2.75) is 18.2 Å². The lowest BCUT2D eigenvalue weighted by Gasteiger charge is -2.14. The molecule has 4 nitrogen and oxygen atoms in total. The molecular weight excluding hydrogens is 389 g/mol. The molecule has 114 valence electrons. The highest BCUT2D eigenvalue weighted by atomic mass is 79.9. The minimum Gasteiger partial charge on any atom is -0.489 e. The van der Waals surface area contributed by atoms with Crippen LogP contribution in [0.2, 0.25) is 0 Å². The molecule has 0 spiro atoms. The van der Waals surface area contributed by atoms with Gasteiger partial charge in [-0.3, -0.25) is 4.74 Å². The van der Waals surface area contributed by atoms with Crippen LogP contribution in [0.3, 0.4) is 0 Å². The average molecular weight is 398 g/mol. The first-order valence-corrected chi connectivity index (χ1v) is 8.19. The first-order valence-electron chi connectivity index (χ1n) is 5.09. The van der Waals surface area contributed by atoms with Gasteiger partial charge in [0.1, 0.15) is 17.3 Å². The molecule has 0 amide bonds. The Labute approximate surface area is 126 Å². The number of ether oxygens (including phenoxy) is 2. The number of rotatable bonds is 5. The van der Waals surface area contributed by atoms with Crippen LogP contribution < -0.4 is 4.74 Å². The Morgan fingerprint density at radius 2 is 1.90 bits per heavy atom. The van der Waals surface area contributed by atoms with Crippen LogP contribution in [0.1, 0.15) is 5.56 Å². The van der Waals surface area contributed by atoms with Gasteiger partial charge in [-0.2, -0.15) is 0 Å². The van der Waals surface area contributed by atoms with Crippen molar-refractivity contribution >= 4 is 35.7 Å². The van der Waals surface area contributed by atoms with Crippen LogP contribution in [0.25, 0.3) is 0 Å². The van der Waals surface area contributed by atoms with Gasteiger partial charge in [0, 0.05) is 15.2 Å². The molecule has 0 saturated carbocycles. The van der Waals surface area contributed by atoms with Crippen molar-refractivity contribution in [1.82, 2.24) is 0 Å². The summed E-state index contributed by atoms with van der Waals surface area (Å²) >= 11 is 3.10. The second-order valence-corrected chi connectivity index (χ2v) is 7.08. The third kappa shape index (κ3) is 5.47. The van der Waals surface area contributed by atoms with Gasteiger partial charge in [-0.1, -0.05) is 15.9 Å². The average Bonchev–Trinajstić information content (AvgIpc) is 2.23. The highest BCUT2D eigenvalue weighted by molar-refractivity contribution is 9.10. The van der Waals surface area contributed by atoms with E-state index < -0.39 is 28.6 Å². The Balaban J connectivity index is 2.90. The molecule has 0 atom stereocenters. The van der Waals surface area contributed by atoms with Gasteiger partial charge in [0.25, 0.3) is 9.05 Å². The summed E-state index contributed by atoms with van der Waals surface area (Å²) in [5.74, 6) is -0.103. The van der Waals surface area contributed by atoms with Gasteiger partial charge < -0.3 is 4.74 Å². The van der Waals surface area contributed by atoms with Gasteiger partial charge in [-0.15, -0.1) is 13.2 Å². The first-order chi connectivity index (χ1) is 9.00. The molecule has 1 rings (SSSR count). The maximum absolute atomic E-state index is 11.8. The lowest BCUT2D eigenvalue weighted by molar-refractivity contribution is -0.325. The molecular formula is C10H9BrClF3O4S. The van der Waals surface area contributed by atoms with Crippen molar-refractivity contribution in [2.24, 2.45) is 0 Å². The van der Waals surface area contributed by atoms with Crippen LogP contribution >= 0.6 is 26.6 Å². The summed E-state index contributed by atoms with van der Waals surface area (Å²) in [5, 5.41) is 0. The fourth-order valence-corrected chi connectivity index (χ4v) is 3.14. The SMILES string of the molecule is Cc1cc(Br)cc(S(=O)(=O)Cl)c1OCCOC(F)(F)F. The molecule has 0 unspecified atom stereocenters. The van der Waals surface area contributed by atoms with E-state index in [0.717, 1.165) is 0 Å². The van der Waals surface area contributed by atoms with Crippen LogP contribution in [0.5, 0.6) is 5.75 Å². The number of hydrogen-bond acceptors (Lipinski definition) is 4. The fraction of sp³-hybridized carbons (Fsp3) is 0.400. The summed E-state index contributed by atoms with van der Waals surface area (Å²) < 4.78 is 67.2. The molecule has 20 heavy (non-hydrogen) atoms. The van der Waals surface area contributed by atoms with Crippen LogP contribution in [0, 0.1) is 6.92 Å². The number of hydrogen-bond donors (Lipinski definition) is 0. The Morgan fingerprint density at radius 1 is 1.30 bits per heavy atom. The van der Waals surface area contributed by atoms with Gasteiger partial charge >= 0.3 is 6.36 Å². The minimum atomic E-state index is -4.76. The van der Waals surface area contributed by atoms with Crippen LogP contribution in [-0.4, -0.2) is 28.0 Å². The van der Waals surface area contributed by atoms with Crippen LogP contribution in [-0.2, 0) is 13.8 Å². The topological polar surface area (TPSA) is 52.6 Å². The van der Waals surface area contributed by atoms with E-state index in [1.807, 2.05) is 0 Å². The number of benzene rings is 1. The highest BCUT2D eigenvalue weighted by Crippen LogP contribution is 2.33. The normalized spacial score (nSPS) is 12.5. The molecule has 0 aliphatic carbocycles. The lowest BCUT2D eigenvalue weighted by atomic mass is 10.2. The van der Waals surface area contributed by atoms with Gasteiger partial charge in [-0.25, -0.2) is 8.42 Å². The number of halogens is 5. The molecule has 10 heteroatoms. The Kier molecular flexibility index (Phi) is 5.70. The lowest BCUT2D eigenvalue weighted by Crippen LogP contribution is -2.18. The van der Waals surface area contributed by atoms with E-state index in [9.17, 15) is 21.6 Å². The first kappa shape index (κ1) is 17.5. The van der Waals surface area contributed by atoms with Crippen LogP contribution in [0.15, 0.2) is 21.5 Å². The Hall–Kier alpha value is -0.510. The van der Waals surface area contributed by atoms with E-state index in [1.165, 1.54) is 13.0 Å². The zero-order chi connectivity index (χ0) is 15.6. The van der Waals surface area contributed by atoms with Gasteiger partial charge in [-0.05, 0) is 24.6 Å². The summed E-state index contributed by atoms with van der Waals surface area (Å²) in [6.07, 6.45) is -4.76. The molecule has 0 fully saturated rings. The largest absolute Gasteiger partial charge is 0.522 e. The molecule has 0 radical (unpaired) electrons. The highest BCUT2D eigenvalue weighted by Gasteiger charge is 2.29. The van der Waals surface area contributed by atoms with E-state index in [0.29, 0.717) is 10.0 Å². The summed E-state index contributed by atoms with van der Waals surface area (Å²) in [7, 11) is 1.16. The minimum absolute atomic E-state index is 0.103. The van der Waals surface area contributed by atoms with Gasteiger partial charge in [0.2, 0.25) is 0 Å². The van der Waals surface area contributed by atoms with Crippen molar-refractivity contribution in [3.05, 3.63) is 22.2 Å². The molecule has 0 heterocycles. The maximum atomic E-state index is 11.8. The zero-order valence-corrected chi connectivity index (χ0v) is 13.2. The zero-order valence-electron chi connectivity index (χ0n) is 10.00. The van der Waals surface area contributed by atoms with E-state index in [-0.39, 0.29) is 10.6 Å². The third-order valence-electron chi connectivity index (χ3n) is 2.06. The van der Waals surface area contributed by atoms with E-state index >= 15 is 0 Å². The Bertz CT molecular complexity index is 589. The van der Waals surface area contributed by atoms with Crippen molar-refractivity contribution < 1.29 is 31.1 Å². The monoisotopic (exact) mass is 396 g/mol. The molecule has 0 bridgehead atoms. The molecule has 0 aromatic heterocycles. The number of aryl methyl sites for hydroxylation is 1. The fourth-order valence-electron chi connectivity index (χ4n) is 1.37. The third-order valence-corrected chi connectivity index (χ3v) is 3.85.